The molecule has 0 saturated carbocycles. The van der Waals surface area contributed by atoms with Crippen LogP contribution in [0.2, 0.25) is 0 Å². The van der Waals surface area contributed by atoms with Gasteiger partial charge in [0.2, 0.25) is 0 Å². The minimum Gasteiger partial charge on any atom is -0.454 e. The zero-order valence-corrected chi connectivity index (χ0v) is 10.8. The molecule has 19 heavy (non-hydrogen) atoms. The molecule has 0 unspecified atom stereocenters. The number of nitrogens with two attached hydrogens (primary N) is 1. The molecule has 0 atom stereocenters. The van der Waals surface area contributed by atoms with Crippen LogP contribution in [-0.4, -0.2) is 16.0 Å². The Balaban J connectivity index is 2.48. The van der Waals surface area contributed by atoms with E-state index in [4.69, 9.17) is 15.7 Å². The van der Waals surface area contributed by atoms with E-state index in [0.29, 0.717) is 17.1 Å². The van der Waals surface area contributed by atoms with Gasteiger partial charge < -0.3 is 15.7 Å². The summed E-state index contributed by atoms with van der Waals surface area (Å²) in [5.41, 5.74) is 7.88. The molecule has 2 aromatic rings. The first-order chi connectivity index (χ1) is 9.13. The van der Waals surface area contributed by atoms with Crippen LogP contribution >= 0.6 is 0 Å². The molecular weight excluding hydrogens is 242 g/mol. The van der Waals surface area contributed by atoms with Gasteiger partial charge in [-0.2, -0.15) is 0 Å². The molecule has 1 aromatic heterocycles. The summed E-state index contributed by atoms with van der Waals surface area (Å²) in [6, 6.07) is 9.08. The lowest BCUT2D eigenvalue weighted by Gasteiger charge is -2.13. The number of nitrogens with zero attached hydrogens (tertiary/aromatic N) is 2. The molecule has 0 aliphatic rings. The number of ether oxygens (including phenoxy) is 1. The highest BCUT2D eigenvalue weighted by molar-refractivity contribution is 6.00. The van der Waals surface area contributed by atoms with Gasteiger partial charge in [-0.25, -0.2) is 0 Å². The molecule has 2 rings (SSSR count). The summed E-state index contributed by atoms with van der Waals surface area (Å²) in [7, 11) is 0. The quantitative estimate of drug-likeness (QED) is 0.383. The predicted octanol–water partition coefficient (Wildman–Crippen LogP) is 2.59. The van der Waals surface area contributed by atoms with Crippen LogP contribution in [0, 0.1) is 13.8 Å². The maximum absolute atomic E-state index is 8.82. The summed E-state index contributed by atoms with van der Waals surface area (Å²) in [4.78, 5) is 4.16. The van der Waals surface area contributed by atoms with Crippen molar-refractivity contribution in [3.8, 4) is 11.5 Å². The van der Waals surface area contributed by atoms with Crippen LogP contribution in [-0.2, 0) is 0 Å². The Morgan fingerprint density at radius 1 is 1.26 bits per heavy atom. The minimum absolute atomic E-state index is 0.0141. The van der Waals surface area contributed by atoms with Gasteiger partial charge in [0.15, 0.2) is 5.84 Å². The van der Waals surface area contributed by atoms with Gasteiger partial charge in [-0.1, -0.05) is 17.3 Å². The molecule has 5 heteroatoms. The maximum atomic E-state index is 8.82. The molecule has 5 nitrogen and oxygen atoms in total. The number of amidine groups is 1. The second kappa shape index (κ2) is 5.39. The Kier molecular flexibility index (Phi) is 3.66. The fraction of sp³-hybridized carbons (Fsp3) is 0.143. The molecule has 0 saturated heterocycles. The summed E-state index contributed by atoms with van der Waals surface area (Å²) in [5, 5.41) is 11.8. The third-order valence-corrected chi connectivity index (χ3v) is 2.77. The first-order valence-electron chi connectivity index (χ1n) is 5.80. The van der Waals surface area contributed by atoms with E-state index in [1.807, 2.05) is 32.0 Å². The number of para-hydroxylation sites is 1. The van der Waals surface area contributed by atoms with Crippen LogP contribution < -0.4 is 10.5 Å². The Morgan fingerprint density at radius 2 is 2.05 bits per heavy atom. The molecule has 1 heterocycles. The number of aryl methyl sites for hydroxylation is 2. The van der Waals surface area contributed by atoms with E-state index in [9.17, 15) is 0 Å². The highest BCUT2D eigenvalue weighted by Crippen LogP contribution is 2.30. The van der Waals surface area contributed by atoms with Gasteiger partial charge in [-0.05, 0) is 37.6 Å². The number of rotatable bonds is 3. The monoisotopic (exact) mass is 257 g/mol. The zero-order valence-electron chi connectivity index (χ0n) is 10.8. The molecule has 0 radical (unpaired) electrons. The second-order valence-electron chi connectivity index (χ2n) is 4.13. The second-order valence-corrected chi connectivity index (χ2v) is 4.13. The molecule has 3 N–H and O–H groups in total. The Morgan fingerprint density at radius 3 is 2.74 bits per heavy atom. The van der Waals surface area contributed by atoms with Crippen LogP contribution in [0.4, 0.5) is 0 Å². The fourth-order valence-electron chi connectivity index (χ4n) is 1.73. The van der Waals surface area contributed by atoms with Crippen molar-refractivity contribution in [2.75, 3.05) is 0 Å². The van der Waals surface area contributed by atoms with E-state index in [-0.39, 0.29) is 5.84 Å². The van der Waals surface area contributed by atoms with Gasteiger partial charge in [-0.3, -0.25) is 4.98 Å². The lowest BCUT2D eigenvalue weighted by Crippen LogP contribution is -2.14. The van der Waals surface area contributed by atoms with Gasteiger partial charge in [0.1, 0.15) is 11.5 Å². The van der Waals surface area contributed by atoms with Crippen molar-refractivity contribution in [3.05, 3.63) is 53.3 Å². The topological polar surface area (TPSA) is 80.7 Å². The molecule has 0 aliphatic heterocycles. The van der Waals surface area contributed by atoms with Crippen molar-refractivity contribution < 1.29 is 9.94 Å². The SMILES string of the molecule is Cc1cccc(/C(N)=N/O)c1Oc1cccnc1C. The van der Waals surface area contributed by atoms with Crippen molar-refractivity contribution in [1.29, 1.82) is 0 Å². The average Bonchev–Trinajstić information content (AvgIpc) is 2.42. The van der Waals surface area contributed by atoms with Crippen LogP contribution in [0.15, 0.2) is 41.7 Å². The van der Waals surface area contributed by atoms with Gasteiger partial charge in [0, 0.05) is 6.20 Å². The van der Waals surface area contributed by atoms with Crippen LogP contribution in [0.25, 0.3) is 0 Å². The third-order valence-electron chi connectivity index (χ3n) is 2.77. The Labute approximate surface area is 111 Å². The molecule has 0 spiro atoms. The fourth-order valence-corrected chi connectivity index (χ4v) is 1.73. The van der Waals surface area contributed by atoms with Crippen LogP contribution in [0.5, 0.6) is 11.5 Å². The summed E-state index contributed by atoms with van der Waals surface area (Å²) in [5.74, 6) is 1.22. The Hall–Kier alpha value is -2.56. The standard InChI is InChI=1S/C14H15N3O2/c1-9-5-3-6-11(14(15)17-18)13(9)19-12-7-4-8-16-10(12)2/h3-8,18H,1-2H3,(H2,15,17). The van der Waals surface area contributed by atoms with Gasteiger partial charge >= 0.3 is 0 Å². The number of hydrogen-bond acceptors (Lipinski definition) is 4. The molecule has 0 amide bonds. The zero-order chi connectivity index (χ0) is 13.8. The molecular formula is C14H15N3O2. The van der Waals surface area contributed by atoms with Crippen LogP contribution in [0.3, 0.4) is 0 Å². The van der Waals surface area contributed by atoms with E-state index < -0.39 is 0 Å². The van der Waals surface area contributed by atoms with Crippen LogP contribution in [0.1, 0.15) is 16.8 Å². The first kappa shape index (κ1) is 12.9. The van der Waals surface area contributed by atoms with E-state index in [1.54, 1.807) is 18.3 Å². The number of aromatic nitrogens is 1. The van der Waals surface area contributed by atoms with Gasteiger partial charge in [0.25, 0.3) is 0 Å². The summed E-state index contributed by atoms with van der Waals surface area (Å²) < 4.78 is 5.86. The Bertz CT molecular complexity index is 624. The van der Waals surface area contributed by atoms with Crippen molar-refractivity contribution >= 4 is 5.84 Å². The first-order valence-corrected chi connectivity index (χ1v) is 5.80. The highest BCUT2D eigenvalue weighted by atomic mass is 16.5. The van der Waals surface area contributed by atoms with Crippen molar-refractivity contribution in [2.24, 2.45) is 10.9 Å². The summed E-state index contributed by atoms with van der Waals surface area (Å²) in [6.45, 7) is 3.76. The van der Waals surface area contributed by atoms with E-state index in [1.165, 1.54) is 0 Å². The van der Waals surface area contributed by atoms with E-state index >= 15 is 0 Å². The number of oxime groups is 1. The molecule has 0 aliphatic carbocycles. The lowest BCUT2D eigenvalue weighted by atomic mass is 10.1. The highest BCUT2D eigenvalue weighted by Gasteiger charge is 2.13. The molecule has 0 bridgehead atoms. The minimum atomic E-state index is 0.0141. The lowest BCUT2D eigenvalue weighted by molar-refractivity contribution is 0.318. The predicted molar refractivity (Wildman–Crippen MR) is 72.7 cm³/mol. The maximum Gasteiger partial charge on any atom is 0.173 e. The van der Waals surface area contributed by atoms with Crippen molar-refractivity contribution in [1.82, 2.24) is 4.98 Å². The van der Waals surface area contributed by atoms with E-state index in [0.717, 1.165) is 11.3 Å². The van der Waals surface area contributed by atoms with Crippen molar-refractivity contribution in [3.63, 3.8) is 0 Å². The van der Waals surface area contributed by atoms with Crippen molar-refractivity contribution in [2.45, 2.75) is 13.8 Å². The average molecular weight is 257 g/mol. The molecule has 98 valence electrons. The number of benzene rings is 1. The number of pyridine rings is 1. The summed E-state index contributed by atoms with van der Waals surface area (Å²) >= 11 is 0. The number of hydrogen-bond donors (Lipinski definition) is 2. The smallest absolute Gasteiger partial charge is 0.173 e. The van der Waals surface area contributed by atoms with Gasteiger partial charge in [0.05, 0.1) is 11.3 Å². The van der Waals surface area contributed by atoms with E-state index in [2.05, 4.69) is 10.1 Å². The molecule has 0 fully saturated rings. The largest absolute Gasteiger partial charge is 0.454 e. The normalized spacial score (nSPS) is 11.4. The third kappa shape index (κ3) is 2.65. The summed E-state index contributed by atoms with van der Waals surface area (Å²) in [6.07, 6.45) is 1.70. The van der Waals surface area contributed by atoms with Gasteiger partial charge in [-0.15, -0.1) is 0 Å². The molecule has 1 aromatic carbocycles.